The third-order valence-electron chi connectivity index (χ3n) is 3.65. The lowest BCUT2D eigenvalue weighted by Gasteiger charge is -2.28. The predicted octanol–water partition coefficient (Wildman–Crippen LogP) is 3.03. The normalized spacial score (nSPS) is 30.0. The Bertz CT molecular complexity index is 389. The van der Waals surface area contributed by atoms with Crippen LogP contribution in [0.25, 0.3) is 0 Å². The van der Waals surface area contributed by atoms with Crippen LogP contribution in [0.5, 0.6) is 0 Å². The van der Waals surface area contributed by atoms with Gasteiger partial charge < -0.3 is 10.4 Å². The zero-order chi connectivity index (χ0) is 11.8. The molecule has 17 heavy (non-hydrogen) atoms. The van der Waals surface area contributed by atoms with E-state index >= 15 is 0 Å². The maximum atomic E-state index is 9.92. The van der Waals surface area contributed by atoms with Crippen LogP contribution in [0.3, 0.4) is 0 Å². The van der Waals surface area contributed by atoms with Crippen LogP contribution in [0.4, 0.5) is 0 Å². The Morgan fingerprint density at radius 1 is 1.53 bits per heavy atom. The fraction of sp³-hybridized carbons (Fsp3) is 0.692. The summed E-state index contributed by atoms with van der Waals surface area (Å²) in [5.74, 6) is 0.569. The van der Waals surface area contributed by atoms with Crippen molar-refractivity contribution < 1.29 is 5.11 Å². The molecular formula is C13H19NOS2. The number of hydrogen-bond donors (Lipinski definition) is 2. The third kappa shape index (κ3) is 2.70. The summed E-state index contributed by atoms with van der Waals surface area (Å²) < 4.78 is 1.46. The minimum absolute atomic E-state index is 0.137. The van der Waals surface area contributed by atoms with Gasteiger partial charge in [0.05, 0.1) is 10.3 Å². The molecule has 1 fully saturated rings. The SMILES string of the molecule is C[C@H]1CC(NCC(O)C2CC2)c2ccsc2S1. The second-order valence-electron chi connectivity index (χ2n) is 5.19. The Balaban J connectivity index is 1.63. The number of aliphatic hydroxyl groups is 1. The lowest BCUT2D eigenvalue weighted by Crippen LogP contribution is -2.33. The summed E-state index contributed by atoms with van der Waals surface area (Å²) in [5, 5.41) is 16.3. The van der Waals surface area contributed by atoms with E-state index in [9.17, 15) is 5.11 Å². The highest BCUT2D eigenvalue weighted by atomic mass is 32.2. The topological polar surface area (TPSA) is 32.3 Å². The predicted molar refractivity (Wildman–Crippen MR) is 73.7 cm³/mol. The summed E-state index contributed by atoms with van der Waals surface area (Å²) in [7, 11) is 0. The maximum Gasteiger partial charge on any atom is 0.0692 e. The molecule has 1 aromatic rings. The van der Waals surface area contributed by atoms with Gasteiger partial charge in [-0.2, -0.15) is 0 Å². The van der Waals surface area contributed by atoms with Gasteiger partial charge in [-0.1, -0.05) is 6.92 Å². The molecule has 0 aromatic carbocycles. The van der Waals surface area contributed by atoms with Gasteiger partial charge in [0.1, 0.15) is 0 Å². The molecule has 0 radical (unpaired) electrons. The fourth-order valence-electron chi connectivity index (χ4n) is 2.45. The minimum Gasteiger partial charge on any atom is -0.392 e. The van der Waals surface area contributed by atoms with Gasteiger partial charge in [-0.05, 0) is 42.2 Å². The van der Waals surface area contributed by atoms with E-state index in [-0.39, 0.29) is 6.10 Å². The molecule has 2 N–H and O–H groups in total. The van der Waals surface area contributed by atoms with Crippen LogP contribution in [-0.4, -0.2) is 23.0 Å². The maximum absolute atomic E-state index is 9.92. The molecule has 0 amide bonds. The highest BCUT2D eigenvalue weighted by Crippen LogP contribution is 2.43. The highest BCUT2D eigenvalue weighted by molar-refractivity contribution is 8.01. The van der Waals surface area contributed by atoms with E-state index in [4.69, 9.17) is 0 Å². The molecule has 1 aliphatic carbocycles. The second kappa shape index (κ2) is 4.92. The van der Waals surface area contributed by atoms with E-state index in [1.165, 1.54) is 29.0 Å². The van der Waals surface area contributed by atoms with Gasteiger partial charge in [0.25, 0.3) is 0 Å². The Morgan fingerprint density at radius 3 is 3.12 bits per heavy atom. The van der Waals surface area contributed by atoms with Crippen LogP contribution in [-0.2, 0) is 0 Å². The average molecular weight is 269 g/mol. The number of nitrogens with one attached hydrogen (secondary N) is 1. The quantitative estimate of drug-likeness (QED) is 0.881. The summed E-state index contributed by atoms with van der Waals surface area (Å²) in [6, 6.07) is 2.68. The summed E-state index contributed by atoms with van der Waals surface area (Å²) in [6.45, 7) is 3.04. The molecule has 4 heteroatoms. The molecule has 0 saturated heterocycles. The summed E-state index contributed by atoms with van der Waals surface area (Å²) >= 11 is 3.84. The molecule has 2 aliphatic rings. The van der Waals surface area contributed by atoms with Crippen LogP contribution in [0.15, 0.2) is 15.7 Å². The minimum atomic E-state index is -0.137. The van der Waals surface area contributed by atoms with Crippen molar-refractivity contribution in [3.63, 3.8) is 0 Å². The van der Waals surface area contributed by atoms with Crippen molar-refractivity contribution in [1.29, 1.82) is 0 Å². The zero-order valence-corrected chi connectivity index (χ0v) is 11.7. The van der Waals surface area contributed by atoms with Gasteiger partial charge in [-0.3, -0.25) is 0 Å². The molecule has 1 aromatic heterocycles. The molecule has 0 bridgehead atoms. The zero-order valence-electron chi connectivity index (χ0n) is 10.1. The van der Waals surface area contributed by atoms with Gasteiger partial charge in [0.15, 0.2) is 0 Å². The Morgan fingerprint density at radius 2 is 2.35 bits per heavy atom. The van der Waals surface area contributed by atoms with E-state index in [0.29, 0.717) is 17.2 Å². The molecule has 2 heterocycles. The average Bonchev–Trinajstić information content (AvgIpc) is 3.05. The van der Waals surface area contributed by atoms with Crippen molar-refractivity contribution in [2.75, 3.05) is 6.54 Å². The van der Waals surface area contributed by atoms with Gasteiger partial charge in [-0.25, -0.2) is 0 Å². The monoisotopic (exact) mass is 269 g/mol. The van der Waals surface area contributed by atoms with Gasteiger partial charge in [0.2, 0.25) is 0 Å². The van der Waals surface area contributed by atoms with Crippen molar-refractivity contribution in [3.05, 3.63) is 17.0 Å². The summed E-state index contributed by atoms with van der Waals surface area (Å²) in [5.41, 5.74) is 1.45. The van der Waals surface area contributed by atoms with Crippen molar-refractivity contribution in [3.8, 4) is 0 Å². The van der Waals surface area contributed by atoms with Crippen LogP contribution < -0.4 is 5.32 Å². The van der Waals surface area contributed by atoms with Gasteiger partial charge in [-0.15, -0.1) is 23.1 Å². The van der Waals surface area contributed by atoms with Gasteiger partial charge in [0, 0.05) is 17.8 Å². The molecule has 94 valence electrons. The number of thioether (sulfide) groups is 1. The first-order valence-electron chi connectivity index (χ1n) is 6.39. The van der Waals surface area contributed by atoms with Crippen molar-refractivity contribution >= 4 is 23.1 Å². The van der Waals surface area contributed by atoms with Crippen molar-refractivity contribution in [2.24, 2.45) is 5.92 Å². The molecule has 3 rings (SSSR count). The lowest BCUT2D eigenvalue weighted by atomic mass is 10.0. The first kappa shape index (κ1) is 12.0. The molecule has 1 saturated carbocycles. The van der Waals surface area contributed by atoms with Crippen LogP contribution in [0, 0.1) is 5.92 Å². The van der Waals surface area contributed by atoms with E-state index in [0.717, 1.165) is 6.54 Å². The Labute approximate surface area is 111 Å². The smallest absolute Gasteiger partial charge is 0.0692 e. The van der Waals surface area contributed by atoms with E-state index in [1.807, 2.05) is 23.1 Å². The van der Waals surface area contributed by atoms with E-state index in [1.54, 1.807) is 0 Å². The number of aliphatic hydroxyl groups excluding tert-OH is 1. The fourth-order valence-corrected chi connectivity index (χ4v) is 5.02. The lowest BCUT2D eigenvalue weighted by molar-refractivity contribution is 0.144. The largest absolute Gasteiger partial charge is 0.392 e. The number of hydrogen-bond acceptors (Lipinski definition) is 4. The van der Waals surface area contributed by atoms with Crippen molar-refractivity contribution in [2.45, 2.75) is 47.8 Å². The number of fused-ring (bicyclic) bond motifs is 1. The standard InChI is InChI=1S/C13H19NOS2/c1-8-6-11(10-4-5-16-13(10)17-8)14-7-12(15)9-2-3-9/h4-5,8-9,11-12,14-15H,2-3,6-7H2,1H3/t8-,11?,12?/m0/s1. The van der Waals surface area contributed by atoms with Crippen LogP contribution in [0.1, 0.15) is 37.8 Å². The molecule has 3 atom stereocenters. The van der Waals surface area contributed by atoms with Crippen LogP contribution in [0.2, 0.25) is 0 Å². The summed E-state index contributed by atoms with van der Waals surface area (Å²) in [6.07, 6.45) is 3.46. The van der Waals surface area contributed by atoms with Crippen molar-refractivity contribution in [1.82, 2.24) is 5.32 Å². The Kier molecular flexibility index (Phi) is 3.48. The van der Waals surface area contributed by atoms with Crippen LogP contribution >= 0.6 is 23.1 Å². The highest BCUT2D eigenvalue weighted by Gasteiger charge is 2.31. The third-order valence-corrected chi connectivity index (χ3v) is 5.99. The summed E-state index contributed by atoms with van der Waals surface area (Å²) in [4.78, 5) is 0. The van der Waals surface area contributed by atoms with E-state index < -0.39 is 0 Å². The number of rotatable bonds is 4. The molecule has 1 aliphatic heterocycles. The second-order valence-corrected chi connectivity index (χ2v) is 7.82. The molecular weight excluding hydrogens is 250 g/mol. The Hall–Kier alpha value is -0.0300. The first-order valence-corrected chi connectivity index (χ1v) is 8.15. The molecule has 2 unspecified atom stereocenters. The number of thiophene rings is 1. The van der Waals surface area contributed by atoms with E-state index in [2.05, 4.69) is 23.7 Å². The molecule has 0 spiro atoms. The van der Waals surface area contributed by atoms with Gasteiger partial charge >= 0.3 is 0 Å². The first-order chi connectivity index (χ1) is 8.24. The molecule has 2 nitrogen and oxygen atoms in total.